The highest BCUT2D eigenvalue weighted by Crippen LogP contribution is 2.37. The monoisotopic (exact) mass is 345 g/mol. The average Bonchev–Trinajstić information content (AvgIpc) is 2.71. The van der Waals surface area contributed by atoms with Gasteiger partial charge in [-0.05, 0) is 23.1 Å². The third-order valence-electron chi connectivity index (χ3n) is 4.72. The molecule has 0 aromatic heterocycles. The first kappa shape index (κ1) is 17.9. The fraction of sp³-hybridized carbons (Fsp3) is 0.174. The largest absolute Gasteiger partial charge is 0.480 e. The molecule has 0 bridgehead atoms. The van der Waals surface area contributed by atoms with E-state index in [9.17, 15) is 9.90 Å². The van der Waals surface area contributed by atoms with Crippen molar-refractivity contribution in [3.8, 4) is 0 Å². The molecule has 0 fully saturated rings. The topological polar surface area (TPSA) is 49.3 Å². The summed E-state index contributed by atoms with van der Waals surface area (Å²) in [7, 11) is 0. The normalized spacial score (nSPS) is 12.5. The minimum absolute atomic E-state index is 0.490. The van der Waals surface area contributed by atoms with Crippen LogP contribution in [0.25, 0.3) is 0 Å². The van der Waals surface area contributed by atoms with Crippen LogP contribution in [0.3, 0.4) is 0 Å². The summed E-state index contributed by atoms with van der Waals surface area (Å²) in [6.07, 6.45) is 0.490. The Balaban J connectivity index is 2.29. The number of hydrogen-bond acceptors (Lipinski definition) is 2. The summed E-state index contributed by atoms with van der Waals surface area (Å²) >= 11 is 0. The van der Waals surface area contributed by atoms with E-state index in [1.165, 1.54) is 0 Å². The van der Waals surface area contributed by atoms with Crippen LogP contribution in [0, 0.1) is 0 Å². The van der Waals surface area contributed by atoms with Gasteiger partial charge in [0.05, 0.1) is 5.54 Å². The van der Waals surface area contributed by atoms with Crippen LogP contribution in [0.5, 0.6) is 0 Å². The molecule has 1 unspecified atom stereocenters. The van der Waals surface area contributed by atoms with E-state index >= 15 is 0 Å². The van der Waals surface area contributed by atoms with E-state index < -0.39 is 17.6 Å². The maximum absolute atomic E-state index is 11.8. The number of carboxylic acids is 1. The van der Waals surface area contributed by atoms with Crippen molar-refractivity contribution >= 4 is 5.97 Å². The maximum atomic E-state index is 11.8. The van der Waals surface area contributed by atoms with Crippen molar-refractivity contribution in [1.29, 1.82) is 0 Å². The van der Waals surface area contributed by atoms with E-state index in [2.05, 4.69) is 5.32 Å². The van der Waals surface area contributed by atoms with Crippen molar-refractivity contribution in [3.63, 3.8) is 0 Å². The van der Waals surface area contributed by atoms with Gasteiger partial charge in [0, 0.05) is 0 Å². The lowest BCUT2D eigenvalue weighted by molar-refractivity contribution is -0.140. The molecule has 132 valence electrons. The second-order valence-corrected chi connectivity index (χ2v) is 6.29. The number of benzene rings is 3. The summed E-state index contributed by atoms with van der Waals surface area (Å²) in [5, 5.41) is 13.2. The maximum Gasteiger partial charge on any atom is 0.320 e. The van der Waals surface area contributed by atoms with E-state index in [1.807, 2.05) is 97.9 Å². The Morgan fingerprint density at radius 1 is 0.808 bits per heavy atom. The number of nitrogens with one attached hydrogen (secondary N) is 1. The average molecular weight is 345 g/mol. The number of carbonyl (C=O) groups is 1. The summed E-state index contributed by atoms with van der Waals surface area (Å²) in [5.74, 6) is -0.848. The van der Waals surface area contributed by atoms with Gasteiger partial charge >= 0.3 is 5.97 Å². The zero-order valence-electron chi connectivity index (χ0n) is 14.8. The molecule has 0 radical (unpaired) electrons. The lowest BCUT2D eigenvalue weighted by Gasteiger charge is -2.39. The molecule has 3 rings (SSSR count). The van der Waals surface area contributed by atoms with Crippen LogP contribution in [0.15, 0.2) is 91.0 Å². The molecule has 0 aliphatic heterocycles. The first-order chi connectivity index (χ1) is 12.7. The van der Waals surface area contributed by atoms with E-state index in [4.69, 9.17) is 0 Å². The highest BCUT2D eigenvalue weighted by Gasteiger charge is 2.39. The van der Waals surface area contributed by atoms with Gasteiger partial charge in [-0.2, -0.15) is 0 Å². The molecule has 26 heavy (non-hydrogen) atoms. The molecular formula is C23H23NO2. The molecule has 1 atom stereocenters. The zero-order valence-corrected chi connectivity index (χ0v) is 14.8. The molecule has 3 nitrogen and oxygen atoms in total. The van der Waals surface area contributed by atoms with E-state index in [0.29, 0.717) is 6.42 Å². The van der Waals surface area contributed by atoms with E-state index in [-0.39, 0.29) is 0 Å². The minimum Gasteiger partial charge on any atom is -0.480 e. The summed E-state index contributed by atoms with van der Waals surface area (Å²) in [5.41, 5.74) is 2.29. The molecule has 0 saturated carbocycles. The molecular weight excluding hydrogens is 322 g/mol. The van der Waals surface area contributed by atoms with E-state index in [1.54, 1.807) is 0 Å². The molecule has 0 heterocycles. The Bertz CT molecular complexity index is 735. The van der Waals surface area contributed by atoms with Crippen LogP contribution in [-0.2, 0) is 10.3 Å². The number of hydrogen-bond donors (Lipinski definition) is 2. The summed E-state index contributed by atoms with van der Waals surface area (Å²) in [4.78, 5) is 11.8. The summed E-state index contributed by atoms with van der Waals surface area (Å²) in [6, 6.07) is 29.4. The third-order valence-corrected chi connectivity index (χ3v) is 4.72. The standard InChI is InChI=1S/C23H23NO2/c1-2-21(22(25)26)24-23(18-12-6-3-7-13-18,19-14-8-4-9-15-19)20-16-10-5-11-17-20/h3-17,21,24H,2H2,1H3,(H,25,26). The van der Waals surface area contributed by atoms with Crippen molar-refractivity contribution in [1.82, 2.24) is 5.32 Å². The number of rotatable bonds is 7. The van der Waals surface area contributed by atoms with Gasteiger partial charge in [-0.15, -0.1) is 0 Å². The lowest BCUT2D eigenvalue weighted by atomic mass is 9.76. The molecule has 3 aromatic carbocycles. The van der Waals surface area contributed by atoms with Gasteiger partial charge in [0.25, 0.3) is 0 Å². The third kappa shape index (κ3) is 3.39. The Morgan fingerprint density at radius 3 is 1.42 bits per heavy atom. The smallest absolute Gasteiger partial charge is 0.320 e. The summed E-state index contributed by atoms with van der Waals surface area (Å²) in [6.45, 7) is 1.89. The highest BCUT2D eigenvalue weighted by atomic mass is 16.4. The second-order valence-electron chi connectivity index (χ2n) is 6.29. The van der Waals surface area contributed by atoms with Gasteiger partial charge in [0.1, 0.15) is 6.04 Å². The first-order valence-corrected chi connectivity index (χ1v) is 8.85. The first-order valence-electron chi connectivity index (χ1n) is 8.85. The van der Waals surface area contributed by atoms with Crippen molar-refractivity contribution in [2.45, 2.75) is 24.9 Å². The lowest BCUT2D eigenvalue weighted by Crippen LogP contribution is -2.52. The highest BCUT2D eigenvalue weighted by molar-refractivity contribution is 5.74. The van der Waals surface area contributed by atoms with E-state index in [0.717, 1.165) is 16.7 Å². The Labute approximate surface area is 154 Å². The molecule has 0 aliphatic carbocycles. The number of aliphatic carboxylic acids is 1. The molecule has 0 saturated heterocycles. The van der Waals surface area contributed by atoms with Gasteiger partial charge in [-0.3, -0.25) is 10.1 Å². The predicted octanol–water partition coefficient (Wildman–Crippen LogP) is 4.43. The molecule has 0 aliphatic rings. The van der Waals surface area contributed by atoms with Crippen LogP contribution < -0.4 is 5.32 Å². The fourth-order valence-corrected chi connectivity index (χ4v) is 3.41. The number of carboxylic acid groups (broad SMARTS) is 1. The van der Waals surface area contributed by atoms with Gasteiger partial charge in [-0.25, -0.2) is 0 Å². The Hall–Kier alpha value is -2.91. The van der Waals surface area contributed by atoms with Crippen molar-refractivity contribution in [3.05, 3.63) is 108 Å². The SMILES string of the molecule is CCC(NC(c1ccccc1)(c1ccccc1)c1ccccc1)C(=O)O. The van der Waals surface area contributed by atoms with Crippen molar-refractivity contribution < 1.29 is 9.90 Å². The Kier molecular flexibility index (Phi) is 5.49. The molecule has 2 N–H and O–H groups in total. The Morgan fingerprint density at radius 2 is 1.15 bits per heavy atom. The minimum atomic E-state index is -0.848. The summed E-state index contributed by atoms with van der Waals surface area (Å²) < 4.78 is 0. The van der Waals surface area contributed by atoms with Gasteiger partial charge in [0.15, 0.2) is 0 Å². The molecule has 3 aromatic rings. The van der Waals surface area contributed by atoms with Crippen molar-refractivity contribution in [2.75, 3.05) is 0 Å². The van der Waals surface area contributed by atoms with Crippen molar-refractivity contribution in [2.24, 2.45) is 0 Å². The van der Waals surface area contributed by atoms with Crippen LogP contribution in [0.1, 0.15) is 30.0 Å². The van der Waals surface area contributed by atoms with Crippen LogP contribution in [0.4, 0.5) is 0 Å². The second kappa shape index (κ2) is 7.98. The van der Waals surface area contributed by atoms with Gasteiger partial charge in [0.2, 0.25) is 0 Å². The van der Waals surface area contributed by atoms with Gasteiger partial charge in [-0.1, -0.05) is 97.9 Å². The van der Waals surface area contributed by atoms with Gasteiger partial charge < -0.3 is 5.11 Å². The quantitative estimate of drug-likeness (QED) is 0.623. The molecule has 0 amide bonds. The van der Waals surface area contributed by atoms with Crippen LogP contribution in [-0.4, -0.2) is 17.1 Å². The predicted molar refractivity (Wildman–Crippen MR) is 104 cm³/mol. The molecule has 3 heteroatoms. The zero-order chi connectivity index (χ0) is 18.4. The van der Waals surface area contributed by atoms with Crippen LogP contribution >= 0.6 is 0 Å². The fourth-order valence-electron chi connectivity index (χ4n) is 3.41. The molecule has 0 spiro atoms. The van der Waals surface area contributed by atoms with Crippen LogP contribution in [0.2, 0.25) is 0 Å².